The van der Waals surface area contributed by atoms with E-state index >= 15 is 0 Å². The van der Waals surface area contributed by atoms with Crippen molar-refractivity contribution in [3.8, 4) is 0 Å². The fraction of sp³-hybridized carbons (Fsp3) is 0.692. The summed E-state index contributed by atoms with van der Waals surface area (Å²) in [5.74, 6) is 1.73. The zero-order valence-electron chi connectivity index (χ0n) is 11.4. The molecule has 0 bridgehead atoms. The third-order valence-electron chi connectivity index (χ3n) is 3.08. The van der Waals surface area contributed by atoms with Crippen LogP contribution in [0, 0.1) is 12.8 Å². The second-order valence-corrected chi connectivity index (χ2v) is 5.89. The smallest absolute Gasteiger partial charge is 0.191 e. The Labute approximate surface area is 113 Å². The van der Waals surface area contributed by atoms with Crippen molar-refractivity contribution in [1.82, 2.24) is 15.6 Å². The summed E-state index contributed by atoms with van der Waals surface area (Å²) in [5.41, 5.74) is 1.15. The van der Waals surface area contributed by atoms with Gasteiger partial charge in [0.1, 0.15) is 0 Å². The van der Waals surface area contributed by atoms with Gasteiger partial charge in [-0.1, -0.05) is 6.92 Å². The van der Waals surface area contributed by atoms with Crippen LogP contribution in [0.1, 0.15) is 31.0 Å². The fourth-order valence-corrected chi connectivity index (χ4v) is 2.47. The van der Waals surface area contributed by atoms with Gasteiger partial charge < -0.3 is 10.6 Å². The highest BCUT2D eigenvalue weighted by molar-refractivity contribution is 7.09. The number of guanidine groups is 1. The van der Waals surface area contributed by atoms with Crippen molar-refractivity contribution in [2.45, 2.75) is 39.7 Å². The van der Waals surface area contributed by atoms with Gasteiger partial charge in [0.15, 0.2) is 5.96 Å². The lowest BCUT2D eigenvalue weighted by Crippen LogP contribution is -2.39. The van der Waals surface area contributed by atoms with Crippen LogP contribution in [0.2, 0.25) is 0 Å². The normalized spacial score (nSPS) is 22.9. The van der Waals surface area contributed by atoms with Gasteiger partial charge >= 0.3 is 0 Å². The summed E-state index contributed by atoms with van der Waals surface area (Å²) < 4.78 is 0. The molecule has 18 heavy (non-hydrogen) atoms. The number of hydrogen-bond acceptors (Lipinski definition) is 3. The number of aromatic nitrogens is 1. The molecule has 2 rings (SSSR count). The molecule has 0 amide bonds. The van der Waals surface area contributed by atoms with E-state index in [9.17, 15) is 0 Å². The average Bonchev–Trinajstić information content (AvgIpc) is 2.85. The molecule has 1 aromatic heterocycles. The van der Waals surface area contributed by atoms with Gasteiger partial charge in [0, 0.05) is 30.9 Å². The lowest BCUT2D eigenvalue weighted by atomic mass is 10.3. The largest absolute Gasteiger partial charge is 0.357 e. The number of aryl methyl sites for hydroxylation is 1. The number of nitrogens with zero attached hydrogens (tertiary/aromatic N) is 2. The molecule has 2 N–H and O–H groups in total. The van der Waals surface area contributed by atoms with Crippen LogP contribution < -0.4 is 10.6 Å². The molecule has 100 valence electrons. The molecule has 1 fully saturated rings. The highest BCUT2D eigenvalue weighted by Crippen LogP contribution is 2.28. The fourth-order valence-electron chi connectivity index (χ4n) is 1.82. The van der Waals surface area contributed by atoms with E-state index in [1.165, 1.54) is 6.42 Å². The first-order valence-corrected chi connectivity index (χ1v) is 7.53. The summed E-state index contributed by atoms with van der Waals surface area (Å²) in [6.07, 6.45) is 2.18. The molecule has 4 nitrogen and oxygen atoms in total. The van der Waals surface area contributed by atoms with E-state index in [1.54, 1.807) is 11.3 Å². The number of rotatable bonds is 5. The van der Waals surface area contributed by atoms with E-state index in [0.717, 1.165) is 42.1 Å². The average molecular weight is 266 g/mol. The van der Waals surface area contributed by atoms with Crippen LogP contribution in [0.15, 0.2) is 10.4 Å². The van der Waals surface area contributed by atoms with Crippen LogP contribution in [0.25, 0.3) is 0 Å². The molecule has 1 aliphatic rings. The van der Waals surface area contributed by atoms with Crippen molar-refractivity contribution in [3.63, 3.8) is 0 Å². The summed E-state index contributed by atoms with van der Waals surface area (Å²) in [6, 6.07) is 0.615. The third kappa shape index (κ3) is 3.98. The van der Waals surface area contributed by atoms with Crippen molar-refractivity contribution < 1.29 is 0 Å². The molecule has 0 radical (unpaired) electrons. The monoisotopic (exact) mass is 266 g/mol. The Bertz CT molecular complexity index is 413. The van der Waals surface area contributed by atoms with E-state index in [1.807, 2.05) is 6.92 Å². The number of hydrogen-bond donors (Lipinski definition) is 2. The number of aliphatic imine (C=N–C) groups is 1. The predicted molar refractivity (Wildman–Crippen MR) is 77.2 cm³/mol. The molecular weight excluding hydrogens is 244 g/mol. The summed E-state index contributed by atoms with van der Waals surface area (Å²) in [5, 5.41) is 9.99. The SMILES string of the molecule is CCNC(=NCCc1csc(C)n1)NC1CC1C. The highest BCUT2D eigenvalue weighted by atomic mass is 32.1. The maximum atomic E-state index is 4.59. The Morgan fingerprint density at radius 3 is 2.94 bits per heavy atom. The molecule has 1 saturated carbocycles. The first-order valence-electron chi connectivity index (χ1n) is 6.65. The van der Waals surface area contributed by atoms with Crippen LogP contribution >= 0.6 is 11.3 Å². The van der Waals surface area contributed by atoms with Crippen molar-refractivity contribution in [2.24, 2.45) is 10.9 Å². The van der Waals surface area contributed by atoms with Gasteiger partial charge in [0.25, 0.3) is 0 Å². The molecule has 1 aliphatic carbocycles. The third-order valence-corrected chi connectivity index (χ3v) is 3.90. The van der Waals surface area contributed by atoms with Crippen LogP contribution in [0.4, 0.5) is 0 Å². The Balaban J connectivity index is 1.79. The van der Waals surface area contributed by atoms with E-state index in [2.05, 4.69) is 39.8 Å². The van der Waals surface area contributed by atoms with Gasteiger partial charge in [0.05, 0.1) is 10.7 Å². The Morgan fingerprint density at radius 1 is 1.61 bits per heavy atom. The first-order chi connectivity index (χ1) is 8.69. The van der Waals surface area contributed by atoms with Crippen molar-refractivity contribution >= 4 is 17.3 Å². The van der Waals surface area contributed by atoms with E-state index in [0.29, 0.717) is 6.04 Å². The molecule has 0 saturated heterocycles. The second kappa shape index (κ2) is 6.18. The van der Waals surface area contributed by atoms with Crippen LogP contribution in [0.5, 0.6) is 0 Å². The van der Waals surface area contributed by atoms with Gasteiger partial charge in [-0.3, -0.25) is 4.99 Å². The van der Waals surface area contributed by atoms with Gasteiger partial charge in [-0.15, -0.1) is 11.3 Å². The van der Waals surface area contributed by atoms with Gasteiger partial charge in [-0.2, -0.15) is 0 Å². The molecule has 1 heterocycles. The van der Waals surface area contributed by atoms with Gasteiger partial charge in [0.2, 0.25) is 0 Å². The van der Waals surface area contributed by atoms with E-state index in [4.69, 9.17) is 0 Å². The number of thiazole rings is 1. The van der Waals surface area contributed by atoms with Crippen LogP contribution in [-0.4, -0.2) is 30.1 Å². The predicted octanol–water partition coefficient (Wildman–Crippen LogP) is 1.96. The lowest BCUT2D eigenvalue weighted by molar-refractivity contribution is 0.764. The quantitative estimate of drug-likeness (QED) is 0.633. The molecule has 0 aromatic carbocycles. The Hall–Kier alpha value is -1.10. The lowest BCUT2D eigenvalue weighted by Gasteiger charge is -2.10. The summed E-state index contributed by atoms with van der Waals surface area (Å²) in [7, 11) is 0. The highest BCUT2D eigenvalue weighted by Gasteiger charge is 2.33. The topological polar surface area (TPSA) is 49.3 Å². The zero-order chi connectivity index (χ0) is 13.0. The summed E-state index contributed by atoms with van der Waals surface area (Å²) in [4.78, 5) is 9.04. The molecule has 0 spiro atoms. The first kappa shape index (κ1) is 13.3. The molecular formula is C13H22N4S. The maximum absolute atomic E-state index is 4.59. The van der Waals surface area contributed by atoms with E-state index in [-0.39, 0.29) is 0 Å². The van der Waals surface area contributed by atoms with Crippen LogP contribution in [0.3, 0.4) is 0 Å². The minimum Gasteiger partial charge on any atom is -0.357 e. The van der Waals surface area contributed by atoms with Gasteiger partial charge in [-0.05, 0) is 26.2 Å². The number of nitrogens with one attached hydrogen (secondary N) is 2. The Kier molecular flexibility index (Phi) is 4.58. The summed E-state index contributed by atoms with van der Waals surface area (Å²) >= 11 is 1.70. The molecule has 5 heteroatoms. The second-order valence-electron chi connectivity index (χ2n) is 4.83. The molecule has 2 unspecified atom stereocenters. The van der Waals surface area contributed by atoms with Crippen molar-refractivity contribution in [3.05, 3.63) is 16.1 Å². The Morgan fingerprint density at radius 2 is 2.39 bits per heavy atom. The molecule has 1 aromatic rings. The molecule has 2 atom stereocenters. The minimum absolute atomic E-state index is 0.615. The minimum atomic E-state index is 0.615. The molecule has 0 aliphatic heterocycles. The van der Waals surface area contributed by atoms with Gasteiger partial charge in [-0.25, -0.2) is 4.98 Å². The van der Waals surface area contributed by atoms with E-state index < -0.39 is 0 Å². The van der Waals surface area contributed by atoms with Crippen LogP contribution in [-0.2, 0) is 6.42 Å². The zero-order valence-corrected chi connectivity index (χ0v) is 12.2. The van der Waals surface area contributed by atoms with Crippen molar-refractivity contribution in [2.75, 3.05) is 13.1 Å². The standard InChI is InChI=1S/C13H22N4S/c1-4-14-13(17-12-7-9(12)2)15-6-5-11-8-18-10(3)16-11/h8-9,12H,4-7H2,1-3H3,(H2,14,15,17). The summed E-state index contributed by atoms with van der Waals surface area (Å²) in [6.45, 7) is 8.09. The van der Waals surface area contributed by atoms with Crippen molar-refractivity contribution in [1.29, 1.82) is 0 Å². The maximum Gasteiger partial charge on any atom is 0.191 e.